The van der Waals surface area contributed by atoms with Crippen LogP contribution in [-0.4, -0.2) is 0 Å². The van der Waals surface area contributed by atoms with Gasteiger partial charge in [0.05, 0.1) is 6.04 Å². The molecule has 3 heteroatoms. The SMILES string of the molecule is CCCCC(CC)CC(NN)c1ccc(C)s1. The van der Waals surface area contributed by atoms with Crippen molar-refractivity contribution in [1.82, 2.24) is 5.43 Å². The zero-order chi connectivity index (χ0) is 12.7. The van der Waals surface area contributed by atoms with Gasteiger partial charge in [0.25, 0.3) is 0 Å². The molecule has 0 aliphatic carbocycles. The van der Waals surface area contributed by atoms with Crippen LogP contribution < -0.4 is 11.3 Å². The van der Waals surface area contributed by atoms with E-state index in [1.54, 1.807) is 0 Å². The molecule has 2 nitrogen and oxygen atoms in total. The first kappa shape index (κ1) is 14.7. The molecule has 0 spiro atoms. The second kappa shape index (κ2) is 7.85. The molecule has 0 aliphatic heterocycles. The van der Waals surface area contributed by atoms with Gasteiger partial charge in [-0.2, -0.15) is 0 Å². The Labute approximate surface area is 110 Å². The number of hydrogen-bond acceptors (Lipinski definition) is 3. The van der Waals surface area contributed by atoms with Crippen molar-refractivity contribution >= 4 is 11.3 Å². The Balaban J connectivity index is 2.55. The first-order valence-electron chi connectivity index (χ1n) is 6.73. The van der Waals surface area contributed by atoms with E-state index in [0.29, 0.717) is 6.04 Å². The molecule has 1 aromatic heterocycles. The van der Waals surface area contributed by atoms with Crippen molar-refractivity contribution in [1.29, 1.82) is 0 Å². The third-order valence-corrected chi connectivity index (χ3v) is 4.53. The first-order chi connectivity index (χ1) is 8.21. The first-order valence-corrected chi connectivity index (χ1v) is 7.55. The van der Waals surface area contributed by atoms with Gasteiger partial charge >= 0.3 is 0 Å². The maximum Gasteiger partial charge on any atom is 0.0556 e. The summed E-state index contributed by atoms with van der Waals surface area (Å²) in [4.78, 5) is 2.74. The van der Waals surface area contributed by atoms with E-state index >= 15 is 0 Å². The van der Waals surface area contributed by atoms with E-state index in [1.807, 2.05) is 11.3 Å². The molecule has 0 bridgehead atoms. The van der Waals surface area contributed by atoms with Crippen LogP contribution in [0.3, 0.4) is 0 Å². The van der Waals surface area contributed by atoms with Crippen LogP contribution in [0.15, 0.2) is 12.1 Å². The largest absolute Gasteiger partial charge is 0.271 e. The summed E-state index contributed by atoms with van der Waals surface area (Å²) in [5, 5.41) is 0. The Hall–Kier alpha value is -0.380. The molecule has 3 N–H and O–H groups in total. The summed E-state index contributed by atoms with van der Waals surface area (Å²) < 4.78 is 0. The summed E-state index contributed by atoms with van der Waals surface area (Å²) >= 11 is 1.85. The minimum absolute atomic E-state index is 0.329. The lowest BCUT2D eigenvalue weighted by atomic mass is 9.92. The molecule has 1 aromatic rings. The van der Waals surface area contributed by atoms with Crippen LogP contribution in [-0.2, 0) is 0 Å². The van der Waals surface area contributed by atoms with Crippen molar-refractivity contribution in [2.75, 3.05) is 0 Å². The van der Waals surface area contributed by atoms with Crippen molar-refractivity contribution in [3.8, 4) is 0 Å². The van der Waals surface area contributed by atoms with Gasteiger partial charge in [-0.1, -0.05) is 39.5 Å². The number of nitrogens with two attached hydrogens (primary N) is 1. The van der Waals surface area contributed by atoms with E-state index in [0.717, 1.165) is 12.3 Å². The summed E-state index contributed by atoms with van der Waals surface area (Å²) in [6.07, 6.45) is 6.36. The monoisotopic (exact) mass is 254 g/mol. The Morgan fingerprint density at radius 3 is 2.59 bits per heavy atom. The van der Waals surface area contributed by atoms with E-state index in [9.17, 15) is 0 Å². The van der Waals surface area contributed by atoms with Gasteiger partial charge in [0.15, 0.2) is 0 Å². The van der Waals surface area contributed by atoms with E-state index in [1.165, 1.54) is 35.4 Å². The summed E-state index contributed by atoms with van der Waals surface area (Å²) in [7, 11) is 0. The molecule has 2 atom stereocenters. The number of thiophene rings is 1. The average Bonchev–Trinajstić information content (AvgIpc) is 2.76. The fourth-order valence-electron chi connectivity index (χ4n) is 2.22. The van der Waals surface area contributed by atoms with E-state index in [4.69, 9.17) is 5.84 Å². The number of hydrazine groups is 1. The van der Waals surface area contributed by atoms with Crippen LogP contribution >= 0.6 is 11.3 Å². The molecule has 2 unspecified atom stereocenters. The van der Waals surface area contributed by atoms with Gasteiger partial charge in [0.2, 0.25) is 0 Å². The van der Waals surface area contributed by atoms with E-state index < -0.39 is 0 Å². The van der Waals surface area contributed by atoms with Gasteiger partial charge in [0, 0.05) is 9.75 Å². The van der Waals surface area contributed by atoms with Gasteiger partial charge in [-0.15, -0.1) is 11.3 Å². The van der Waals surface area contributed by atoms with Gasteiger partial charge in [-0.05, 0) is 31.4 Å². The highest BCUT2D eigenvalue weighted by Crippen LogP contribution is 2.30. The van der Waals surface area contributed by atoms with Crippen LogP contribution in [0.25, 0.3) is 0 Å². The molecule has 0 aromatic carbocycles. The molecule has 0 aliphatic rings. The smallest absolute Gasteiger partial charge is 0.0556 e. The lowest BCUT2D eigenvalue weighted by Gasteiger charge is -2.21. The molecule has 1 heterocycles. The Morgan fingerprint density at radius 2 is 2.12 bits per heavy atom. The Bertz CT molecular complexity index is 309. The van der Waals surface area contributed by atoms with Crippen molar-refractivity contribution in [3.63, 3.8) is 0 Å². The van der Waals surface area contributed by atoms with E-state index in [2.05, 4.69) is 38.3 Å². The third-order valence-electron chi connectivity index (χ3n) is 3.42. The Morgan fingerprint density at radius 1 is 1.35 bits per heavy atom. The van der Waals surface area contributed by atoms with Crippen molar-refractivity contribution in [2.24, 2.45) is 11.8 Å². The molecule has 0 saturated heterocycles. The molecule has 0 radical (unpaired) electrons. The fourth-order valence-corrected chi connectivity index (χ4v) is 3.17. The number of unbranched alkanes of at least 4 members (excludes halogenated alkanes) is 1. The number of nitrogens with one attached hydrogen (secondary N) is 1. The van der Waals surface area contributed by atoms with E-state index in [-0.39, 0.29) is 0 Å². The predicted molar refractivity (Wildman–Crippen MR) is 77.0 cm³/mol. The molecule has 0 fully saturated rings. The van der Waals surface area contributed by atoms with Crippen LogP contribution in [0.1, 0.15) is 61.7 Å². The number of aryl methyl sites for hydroxylation is 1. The maximum absolute atomic E-state index is 5.70. The average molecular weight is 254 g/mol. The molecule has 98 valence electrons. The lowest BCUT2D eigenvalue weighted by molar-refractivity contribution is 0.359. The molecule has 17 heavy (non-hydrogen) atoms. The minimum Gasteiger partial charge on any atom is -0.271 e. The second-order valence-corrected chi connectivity index (χ2v) is 6.14. The van der Waals surface area contributed by atoms with Gasteiger partial charge in [-0.25, -0.2) is 0 Å². The standard InChI is InChI=1S/C14H26N2S/c1-4-6-7-12(5-2)10-13(16-15)14-9-8-11(3)17-14/h8-9,12-13,16H,4-7,10,15H2,1-3H3. The molecular weight excluding hydrogens is 228 g/mol. The molecule has 0 saturated carbocycles. The summed E-state index contributed by atoms with van der Waals surface area (Å²) in [6.45, 7) is 6.69. The molecular formula is C14H26N2S. The summed E-state index contributed by atoms with van der Waals surface area (Å²) in [5.74, 6) is 6.49. The van der Waals surface area contributed by atoms with Gasteiger partial charge in [-0.3, -0.25) is 11.3 Å². The molecule has 0 amide bonds. The predicted octanol–water partition coefficient (Wildman–Crippen LogP) is 4.17. The highest BCUT2D eigenvalue weighted by atomic mass is 32.1. The summed E-state index contributed by atoms with van der Waals surface area (Å²) in [5.41, 5.74) is 2.98. The quantitative estimate of drug-likeness (QED) is 0.540. The zero-order valence-corrected chi connectivity index (χ0v) is 12.1. The highest BCUT2D eigenvalue weighted by Gasteiger charge is 2.16. The third kappa shape index (κ3) is 4.78. The van der Waals surface area contributed by atoms with Crippen LogP contribution in [0.2, 0.25) is 0 Å². The van der Waals surface area contributed by atoms with Crippen LogP contribution in [0.4, 0.5) is 0 Å². The zero-order valence-electron chi connectivity index (χ0n) is 11.3. The number of hydrogen-bond donors (Lipinski definition) is 2. The molecule has 1 rings (SSSR count). The topological polar surface area (TPSA) is 38.0 Å². The normalized spacial score (nSPS) is 14.8. The lowest BCUT2D eigenvalue weighted by Crippen LogP contribution is -2.29. The van der Waals surface area contributed by atoms with Crippen molar-refractivity contribution in [2.45, 2.75) is 58.9 Å². The highest BCUT2D eigenvalue weighted by molar-refractivity contribution is 7.12. The summed E-state index contributed by atoms with van der Waals surface area (Å²) in [6, 6.07) is 4.71. The van der Waals surface area contributed by atoms with Crippen LogP contribution in [0.5, 0.6) is 0 Å². The van der Waals surface area contributed by atoms with Gasteiger partial charge < -0.3 is 0 Å². The van der Waals surface area contributed by atoms with Crippen molar-refractivity contribution < 1.29 is 0 Å². The van der Waals surface area contributed by atoms with Crippen LogP contribution in [0, 0.1) is 12.8 Å². The van der Waals surface area contributed by atoms with Crippen molar-refractivity contribution in [3.05, 3.63) is 21.9 Å². The van der Waals surface area contributed by atoms with Gasteiger partial charge in [0.1, 0.15) is 0 Å². The number of rotatable bonds is 8. The minimum atomic E-state index is 0.329. The fraction of sp³-hybridized carbons (Fsp3) is 0.714. The maximum atomic E-state index is 5.70. The second-order valence-electron chi connectivity index (χ2n) is 4.82. The Kier molecular flexibility index (Phi) is 6.78.